The number of amides is 1. The van der Waals surface area contributed by atoms with Gasteiger partial charge in [0, 0.05) is 18.8 Å². The number of benzene rings is 2. The summed E-state index contributed by atoms with van der Waals surface area (Å²) in [5.74, 6) is 0.883. The Morgan fingerprint density at radius 3 is 2.56 bits per heavy atom. The van der Waals surface area contributed by atoms with Crippen LogP contribution in [0.15, 0.2) is 72.9 Å². The second-order valence-electron chi connectivity index (χ2n) is 6.22. The van der Waals surface area contributed by atoms with E-state index < -0.39 is 0 Å². The molecule has 1 unspecified atom stereocenters. The van der Waals surface area contributed by atoms with E-state index in [0.29, 0.717) is 24.7 Å². The Morgan fingerprint density at radius 2 is 1.85 bits per heavy atom. The summed E-state index contributed by atoms with van der Waals surface area (Å²) in [5.41, 5.74) is 1.74. The molecule has 4 rings (SSSR count). The van der Waals surface area contributed by atoms with Gasteiger partial charge in [0.05, 0.1) is 6.54 Å². The first-order chi connectivity index (χ1) is 13.2. The number of hydrogen-bond donors (Lipinski definition) is 0. The standard InChI is InChI=1S/C21H17FN2O3/c22-17-8-6-16(7-9-17)19-14-24(21(25)27-19)13-15-4-10-18(11-5-15)26-20-3-1-2-12-23-20/h1-12,19H,13-14H2. The van der Waals surface area contributed by atoms with E-state index in [1.807, 2.05) is 36.4 Å². The summed E-state index contributed by atoms with van der Waals surface area (Å²) in [6, 6.07) is 18.9. The van der Waals surface area contributed by atoms with Crippen molar-refractivity contribution < 1.29 is 18.7 Å². The zero-order valence-electron chi connectivity index (χ0n) is 14.4. The maximum Gasteiger partial charge on any atom is 0.410 e. The van der Waals surface area contributed by atoms with Crippen LogP contribution < -0.4 is 4.74 Å². The van der Waals surface area contributed by atoms with Gasteiger partial charge in [-0.1, -0.05) is 30.3 Å². The number of rotatable bonds is 5. The van der Waals surface area contributed by atoms with E-state index in [9.17, 15) is 9.18 Å². The van der Waals surface area contributed by atoms with Crippen molar-refractivity contribution in [3.63, 3.8) is 0 Å². The van der Waals surface area contributed by atoms with Gasteiger partial charge >= 0.3 is 6.09 Å². The lowest BCUT2D eigenvalue weighted by atomic mass is 10.1. The molecule has 1 aliphatic rings. The van der Waals surface area contributed by atoms with Gasteiger partial charge in [0.25, 0.3) is 0 Å². The van der Waals surface area contributed by atoms with Crippen LogP contribution in [0.25, 0.3) is 0 Å². The zero-order chi connectivity index (χ0) is 18.6. The highest BCUT2D eigenvalue weighted by atomic mass is 19.1. The Morgan fingerprint density at radius 1 is 1.07 bits per heavy atom. The molecular formula is C21H17FN2O3. The van der Waals surface area contributed by atoms with Crippen LogP contribution in [-0.4, -0.2) is 22.5 Å². The molecule has 3 aromatic rings. The fourth-order valence-corrected chi connectivity index (χ4v) is 2.90. The number of hydrogen-bond acceptors (Lipinski definition) is 4. The average Bonchev–Trinajstić information content (AvgIpc) is 3.05. The van der Waals surface area contributed by atoms with Crippen molar-refractivity contribution >= 4 is 6.09 Å². The molecule has 1 fully saturated rings. The molecule has 1 amide bonds. The first kappa shape index (κ1) is 17.0. The van der Waals surface area contributed by atoms with Gasteiger partial charge in [-0.25, -0.2) is 14.2 Å². The molecule has 27 heavy (non-hydrogen) atoms. The Bertz CT molecular complexity index is 914. The molecule has 5 nitrogen and oxygen atoms in total. The van der Waals surface area contributed by atoms with Crippen molar-refractivity contribution in [2.24, 2.45) is 0 Å². The van der Waals surface area contributed by atoms with E-state index in [2.05, 4.69) is 4.98 Å². The topological polar surface area (TPSA) is 51.7 Å². The molecule has 136 valence electrons. The summed E-state index contributed by atoms with van der Waals surface area (Å²) in [6.45, 7) is 0.858. The number of pyridine rings is 1. The van der Waals surface area contributed by atoms with E-state index in [4.69, 9.17) is 9.47 Å². The van der Waals surface area contributed by atoms with Crippen molar-refractivity contribution in [2.75, 3.05) is 6.54 Å². The minimum atomic E-state index is -0.384. The summed E-state index contributed by atoms with van der Waals surface area (Å²) in [6.07, 6.45) is 0.906. The number of cyclic esters (lactones) is 1. The van der Waals surface area contributed by atoms with Crippen LogP contribution >= 0.6 is 0 Å². The van der Waals surface area contributed by atoms with Crippen LogP contribution in [0.4, 0.5) is 9.18 Å². The van der Waals surface area contributed by atoms with E-state index in [1.165, 1.54) is 12.1 Å². The fraction of sp³-hybridized carbons (Fsp3) is 0.143. The third-order valence-electron chi connectivity index (χ3n) is 4.29. The Kier molecular flexibility index (Phi) is 4.70. The lowest BCUT2D eigenvalue weighted by Gasteiger charge is -2.13. The monoisotopic (exact) mass is 364 g/mol. The number of halogens is 1. The number of ether oxygens (including phenoxy) is 2. The molecule has 1 aliphatic heterocycles. The van der Waals surface area contributed by atoms with Crippen molar-refractivity contribution in [3.05, 3.63) is 89.9 Å². The third kappa shape index (κ3) is 4.06. The van der Waals surface area contributed by atoms with Gasteiger partial charge in [-0.2, -0.15) is 0 Å². The zero-order valence-corrected chi connectivity index (χ0v) is 14.4. The molecule has 1 saturated heterocycles. The Hall–Kier alpha value is -3.41. The quantitative estimate of drug-likeness (QED) is 0.658. The molecule has 2 heterocycles. The van der Waals surface area contributed by atoms with Gasteiger partial charge < -0.3 is 9.47 Å². The van der Waals surface area contributed by atoms with Crippen LogP contribution in [0.5, 0.6) is 11.6 Å². The van der Waals surface area contributed by atoms with Crippen LogP contribution in [-0.2, 0) is 11.3 Å². The second kappa shape index (κ2) is 7.45. The summed E-state index contributed by atoms with van der Waals surface area (Å²) < 4.78 is 24.1. The molecule has 1 atom stereocenters. The van der Waals surface area contributed by atoms with Gasteiger partial charge in [0.2, 0.25) is 5.88 Å². The second-order valence-corrected chi connectivity index (χ2v) is 6.22. The highest BCUT2D eigenvalue weighted by Gasteiger charge is 2.32. The van der Waals surface area contributed by atoms with E-state index >= 15 is 0 Å². The normalized spacial score (nSPS) is 16.3. The van der Waals surface area contributed by atoms with Gasteiger partial charge in [-0.05, 0) is 41.5 Å². The first-order valence-corrected chi connectivity index (χ1v) is 8.56. The highest BCUT2D eigenvalue weighted by molar-refractivity contribution is 5.70. The molecule has 6 heteroatoms. The highest BCUT2D eigenvalue weighted by Crippen LogP contribution is 2.28. The fourth-order valence-electron chi connectivity index (χ4n) is 2.90. The Labute approximate surface area is 156 Å². The maximum absolute atomic E-state index is 13.1. The van der Waals surface area contributed by atoms with Gasteiger partial charge in [-0.15, -0.1) is 0 Å². The predicted molar refractivity (Wildman–Crippen MR) is 96.8 cm³/mol. The molecular weight excluding hydrogens is 347 g/mol. The number of carbonyl (C=O) groups is 1. The largest absolute Gasteiger partial charge is 0.439 e. The summed E-state index contributed by atoms with van der Waals surface area (Å²) in [4.78, 5) is 17.9. The molecule has 0 saturated carbocycles. The van der Waals surface area contributed by atoms with Crippen LogP contribution in [0.2, 0.25) is 0 Å². The van der Waals surface area contributed by atoms with Crippen LogP contribution in [0.1, 0.15) is 17.2 Å². The SMILES string of the molecule is O=C1OC(c2ccc(F)cc2)CN1Cc1ccc(Oc2ccccn2)cc1. The minimum Gasteiger partial charge on any atom is -0.439 e. The van der Waals surface area contributed by atoms with Crippen LogP contribution in [0.3, 0.4) is 0 Å². The molecule has 0 spiro atoms. The van der Waals surface area contributed by atoms with E-state index in [0.717, 1.165) is 11.1 Å². The van der Waals surface area contributed by atoms with E-state index in [1.54, 1.807) is 29.3 Å². The van der Waals surface area contributed by atoms with Crippen molar-refractivity contribution in [1.82, 2.24) is 9.88 Å². The van der Waals surface area contributed by atoms with E-state index in [-0.39, 0.29) is 18.0 Å². The third-order valence-corrected chi connectivity index (χ3v) is 4.29. The lowest BCUT2D eigenvalue weighted by molar-refractivity contribution is 0.132. The molecule has 0 aliphatic carbocycles. The molecule has 1 aromatic heterocycles. The van der Waals surface area contributed by atoms with Crippen LogP contribution in [0, 0.1) is 5.82 Å². The van der Waals surface area contributed by atoms with Crippen molar-refractivity contribution in [2.45, 2.75) is 12.6 Å². The van der Waals surface area contributed by atoms with Crippen molar-refractivity contribution in [1.29, 1.82) is 0 Å². The lowest BCUT2D eigenvalue weighted by Crippen LogP contribution is -2.23. The average molecular weight is 364 g/mol. The minimum absolute atomic E-state index is 0.312. The number of aromatic nitrogens is 1. The number of nitrogens with zero attached hydrogens (tertiary/aromatic N) is 2. The van der Waals surface area contributed by atoms with Crippen molar-refractivity contribution in [3.8, 4) is 11.6 Å². The molecule has 0 N–H and O–H groups in total. The molecule has 0 radical (unpaired) electrons. The number of carbonyl (C=O) groups excluding carboxylic acids is 1. The van der Waals surface area contributed by atoms with Gasteiger partial charge in [0.1, 0.15) is 17.7 Å². The first-order valence-electron chi connectivity index (χ1n) is 8.56. The summed E-state index contributed by atoms with van der Waals surface area (Å²) >= 11 is 0. The summed E-state index contributed by atoms with van der Waals surface area (Å²) in [5, 5.41) is 0. The van der Waals surface area contributed by atoms with Gasteiger partial charge in [0.15, 0.2) is 0 Å². The summed E-state index contributed by atoms with van der Waals surface area (Å²) in [7, 11) is 0. The maximum atomic E-state index is 13.1. The smallest absolute Gasteiger partial charge is 0.410 e. The van der Waals surface area contributed by atoms with Gasteiger partial charge in [-0.3, -0.25) is 4.90 Å². The molecule has 0 bridgehead atoms. The Balaban J connectivity index is 1.38. The molecule has 2 aromatic carbocycles. The predicted octanol–water partition coefficient (Wildman–Crippen LogP) is 4.71.